The highest BCUT2D eigenvalue weighted by molar-refractivity contribution is 5.95. The lowest BCUT2D eigenvalue weighted by Gasteiger charge is -2.32. The Labute approximate surface area is 131 Å². The van der Waals surface area contributed by atoms with Gasteiger partial charge in [-0.05, 0) is 17.7 Å². The van der Waals surface area contributed by atoms with Gasteiger partial charge in [-0.3, -0.25) is 4.79 Å². The maximum absolute atomic E-state index is 13.0. The number of furan rings is 1. The van der Waals surface area contributed by atoms with Crippen molar-refractivity contribution in [2.75, 3.05) is 19.7 Å². The molecule has 0 spiro atoms. The molecule has 2 aromatic rings. The topological polar surface area (TPSA) is 80.0 Å². The Bertz CT molecular complexity index is 724. The molecule has 1 aliphatic rings. The molecular formula is C16H14FNO5. The summed E-state index contributed by atoms with van der Waals surface area (Å²) in [4.78, 5) is 24.8. The van der Waals surface area contributed by atoms with Gasteiger partial charge >= 0.3 is 5.97 Å². The summed E-state index contributed by atoms with van der Waals surface area (Å²) in [5.74, 6) is -1.91. The summed E-state index contributed by atoms with van der Waals surface area (Å²) in [6, 6.07) is 7.11. The molecule has 3 rings (SSSR count). The first kappa shape index (κ1) is 15.2. The van der Waals surface area contributed by atoms with Crippen LogP contribution in [0.25, 0.3) is 0 Å². The van der Waals surface area contributed by atoms with Gasteiger partial charge in [-0.25, -0.2) is 9.18 Å². The van der Waals surface area contributed by atoms with Gasteiger partial charge in [0.25, 0.3) is 5.91 Å². The molecular weight excluding hydrogens is 305 g/mol. The number of benzene rings is 1. The molecule has 120 valence electrons. The second-order valence-electron chi connectivity index (χ2n) is 5.17. The second-order valence-corrected chi connectivity index (χ2v) is 5.17. The lowest BCUT2D eigenvalue weighted by molar-refractivity contribution is -0.0238. The zero-order valence-electron chi connectivity index (χ0n) is 12.1. The monoisotopic (exact) mass is 319 g/mol. The summed E-state index contributed by atoms with van der Waals surface area (Å²) in [7, 11) is 0. The summed E-state index contributed by atoms with van der Waals surface area (Å²) < 4.78 is 23.6. The Morgan fingerprint density at radius 2 is 2.00 bits per heavy atom. The number of hydrogen-bond acceptors (Lipinski definition) is 4. The summed E-state index contributed by atoms with van der Waals surface area (Å²) in [5, 5.41) is 8.87. The summed E-state index contributed by atoms with van der Waals surface area (Å²) in [6.45, 7) is 0.994. The third kappa shape index (κ3) is 3.24. The zero-order chi connectivity index (χ0) is 16.4. The number of carbonyl (C=O) groups is 2. The van der Waals surface area contributed by atoms with E-state index >= 15 is 0 Å². The van der Waals surface area contributed by atoms with Crippen molar-refractivity contribution in [1.29, 1.82) is 0 Å². The standard InChI is InChI=1S/C16H14FNO5/c17-12-3-1-10(2-4-12)14-8-18(5-6-22-14)15(19)13-7-11(9-23-13)16(20)21/h1-4,7,9,14H,5-6,8H2,(H,20,21). The van der Waals surface area contributed by atoms with Crippen LogP contribution < -0.4 is 0 Å². The molecule has 1 atom stereocenters. The van der Waals surface area contributed by atoms with E-state index in [0.717, 1.165) is 11.8 Å². The van der Waals surface area contributed by atoms with E-state index in [0.29, 0.717) is 13.2 Å². The van der Waals surface area contributed by atoms with Crippen molar-refractivity contribution in [3.8, 4) is 0 Å². The van der Waals surface area contributed by atoms with E-state index in [-0.39, 0.29) is 29.8 Å². The largest absolute Gasteiger partial charge is 0.478 e. The zero-order valence-corrected chi connectivity index (χ0v) is 12.1. The van der Waals surface area contributed by atoms with Gasteiger partial charge in [-0.15, -0.1) is 0 Å². The van der Waals surface area contributed by atoms with Gasteiger partial charge in [-0.1, -0.05) is 12.1 Å². The van der Waals surface area contributed by atoms with Gasteiger partial charge < -0.3 is 19.2 Å². The minimum Gasteiger partial charge on any atom is -0.478 e. The molecule has 1 N–H and O–H groups in total. The highest BCUT2D eigenvalue weighted by Gasteiger charge is 2.28. The number of ether oxygens (including phenoxy) is 1. The minimum atomic E-state index is -1.15. The van der Waals surface area contributed by atoms with Crippen molar-refractivity contribution in [3.63, 3.8) is 0 Å². The normalized spacial score (nSPS) is 18.0. The van der Waals surface area contributed by atoms with Crippen LogP contribution in [0, 0.1) is 5.82 Å². The van der Waals surface area contributed by atoms with Crippen molar-refractivity contribution in [1.82, 2.24) is 4.90 Å². The molecule has 0 radical (unpaired) electrons. The predicted molar refractivity (Wildman–Crippen MR) is 76.7 cm³/mol. The third-order valence-electron chi connectivity index (χ3n) is 3.65. The molecule has 7 heteroatoms. The molecule has 0 saturated carbocycles. The van der Waals surface area contributed by atoms with Crippen LogP contribution in [0.5, 0.6) is 0 Å². The van der Waals surface area contributed by atoms with Crippen LogP contribution in [0.1, 0.15) is 32.6 Å². The van der Waals surface area contributed by atoms with Crippen LogP contribution in [0.4, 0.5) is 4.39 Å². The fourth-order valence-corrected chi connectivity index (χ4v) is 2.43. The number of hydrogen-bond donors (Lipinski definition) is 1. The van der Waals surface area contributed by atoms with E-state index in [1.807, 2.05) is 0 Å². The first-order chi connectivity index (χ1) is 11.0. The molecule has 1 aliphatic heterocycles. The fraction of sp³-hybridized carbons (Fsp3) is 0.250. The van der Waals surface area contributed by atoms with E-state index in [9.17, 15) is 14.0 Å². The maximum atomic E-state index is 13.0. The van der Waals surface area contributed by atoms with Gasteiger partial charge in [0.2, 0.25) is 0 Å². The van der Waals surface area contributed by atoms with Crippen LogP contribution >= 0.6 is 0 Å². The number of nitrogens with zero attached hydrogens (tertiary/aromatic N) is 1. The number of carboxylic acid groups (broad SMARTS) is 1. The molecule has 1 aromatic heterocycles. The fourth-order valence-electron chi connectivity index (χ4n) is 2.43. The smallest absolute Gasteiger partial charge is 0.338 e. The molecule has 0 bridgehead atoms. The van der Waals surface area contributed by atoms with Crippen molar-refractivity contribution >= 4 is 11.9 Å². The minimum absolute atomic E-state index is 0.0258. The number of carboxylic acids is 1. The predicted octanol–water partition coefficient (Wildman–Crippen LogP) is 2.33. The second kappa shape index (κ2) is 6.21. The van der Waals surface area contributed by atoms with Gasteiger partial charge in [0.15, 0.2) is 5.76 Å². The number of morpholine rings is 1. The summed E-state index contributed by atoms with van der Waals surface area (Å²) in [5.41, 5.74) is 0.700. The molecule has 1 saturated heterocycles. The van der Waals surface area contributed by atoms with E-state index in [2.05, 4.69) is 0 Å². The first-order valence-electron chi connectivity index (χ1n) is 7.03. The third-order valence-corrected chi connectivity index (χ3v) is 3.65. The SMILES string of the molecule is O=C(O)c1coc(C(=O)N2CCOC(c3ccc(F)cc3)C2)c1. The summed E-state index contributed by atoms with van der Waals surface area (Å²) in [6.07, 6.45) is 0.676. The number of rotatable bonds is 3. The van der Waals surface area contributed by atoms with Crippen molar-refractivity contribution in [3.05, 3.63) is 59.3 Å². The Hall–Kier alpha value is -2.67. The molecule has 0 aliphatic carbocycles. The van der Waals surface area contributed by atoms with Crippen LogP contribution in [0.15, 0.2) is 41.0 Å². The van der Waals surface area contributed by atoms with Gasteiger partial charge in [0.1, 0.15) is 18.2 Å². The van der Waals surface area contributed by atoms with Crippen molar-refractivity contribution in [2.45, 2.75) is 6.10 Å². The van der Waals surface area contributed by atoms with Crippen molar-refractivity contribution < 1.29 is 28.2 Å². The van der Waals surface area contributed by atoms with Gasteiger partial charge in [0.05, 0.1) is 18.7 Å². The van der Waals surface area contributed by atoms with Crippen LogP contribution in [-0.2, 0) is 4.74 Å². The highest BCUT2D eigenvalue weighted by atomic mass is 19.1. The number of halogens is 1. The quantitative estimate of drug-likeness (QED) is 0.939. The Balaban J connectivity index is 1.73. The Morgan fingerprint density at radius 1 is 1.26 bits per heavy atom. The molecule has 23 heavy (non-hydrogen) atoms. The van der Waals surface area contributed by atoms with Crippen LogP contribution in [-0.4, -0.2) is 41.6 Å². The lowest BCUT2D eigenvalue weighted by atomic mass is 10.1. The van der Waals surface area contributed by atoms with E-state index in [1.54, 1.807) is 12.1 Å². The van der Waals surface area contributed by atoms with Crippen molar-refractivity contribution in [2.24, 2.45) is 0 Å². The summed E-state index contributed by atoms with van der Waals surface area (Å²) >= 11 is 0. The van der Waals surface area contributed by atoms with Crippen LogP contribution in [0.2, 0.25) is 0 Å². The Kier molecular flexibility index (Phi) is 4.12. The average Bonchev–Trinajstić information content (AvgIpc) is 3.05. The van der Waals surface area contributed by atoms with Gasteiger partial charge in [-0.2, -0.15) is 0 Å². The van der Waals surface area contributed by atoms with Crippen LogP contribution in [0.3, 0.4) is 0 Å². The Morgan fingerprint density at radius 3 is 2.65 bits per heavy atom. The molecule has 1 fully saturated rings. The molecule has 6 nitrogen and oxygen atoms in total. The maximum Gasteiger partial charge on any atom is 0.338 e. The number of amides is 1. The molecule has 1 amide bonds. The molecule has 1 unspecified atom stereocenters. The first-order valence-corrected chi connectivity index (χ1v) is 7.03. The molecule has 1 aromatic carbocycles. The van der Waals surface area contributed by atoms with E-state index in [4.69, 9.17) is 14.3 Å². The van der Waals surface area contributed by atoms with E-state index in [1.165, 1.54) is 23.1 Å². The number of aromatic carboxylic acids is 1. The highest BCUT2D eigenvalue weighted by Crippen LogP contribution is 2.24. The van der Waals surface area contributed by atoms with Gasteiger partial charge in [0, 0.05) is 12.6 Å². The van der Waals surface area contributed by atoms with E-state index < -0.39 is 11.9 Å². The average molecular weight is 319 g/mol. The lowest BCUT2D eigenvalue weighted by Crippen LogP contribution is -2.42. The number of carbonyl (C=O) groups excluding carboxylic acids is 1. The molecule has 2 heterocycles.